The molecule has 0 saturated carbocycles. The number of fused-ring (bicyclic) bond motifs is 1. The second-order valence-corrected chi connectivity index (χ2v) is 7.41. The first kappa shape index (κ1) is 16.8. The van der Waals surface area contributed by atoms with Crippen LogP contribution in [0.2, 0.25) is 0 Å². The average molecular weight is 351 g/mol. The number of hydrogen-bond acceptors (Lipinski definition) is 3. The summed E-state index contributed by atoms with van der Waals surface area (Å²) in [5.74, 6) is 1.44. The normalized spacial score (nSPS) is 17.8. The van der Waals surface area contributed by atoms with Crippen LogP contribution in [0.1, 0.15) is 47.1 Å². The minimum absolute atomic E-state index is 0.175. The van der Waals surface area contributed by atoms with E-state index in [0.29, 0.717) is 6.42 Å². The van der Waals surface area contributed by atoms with E-state index in [1.165, 1.54) is 5.56 Å². The van der Waals surface area contributed by atoms with Crippen molar-refractivity contribution >= 4 is 16.9 Å². The summed E-state index contributed by atoms with van der Waals surface area (Å²) in [4.78, 5) is 23.0. The second-order valence-electron chi connectivity index (χ2n) is 7.41. The van der Waals surface area contributed by atoms with Crippen LogP contribution in [-0.2, 0) is 11.2 Å². The van der Waals surface area contributed by atoms with Crippen LogP contribution in [0.4, 0.5) is 0 Å². The summed E-state index contributed by atoms with van der Waals surface area (Å²) in [5, 5.41) is 7.16. The number of carbonyl (C=O) groups is 1. The van der Waals surface area contributed by atoms with Crippen molar-refractivity contribution in [2.75, 3.05) is 13.1 Å². The molecule has 1 saturated heterocycles. The van der Waals surface area contributed by atoms with Crippen LogP contribution in [0.25, 0.3) is 11.0 Å². The first-order valence-electron chi connectivity index (χ1n) is 9.25. The van der Waals surface area contributed by atoms with Gasteiger partial charge in [-0.15, -0.1) is 0 Å². The highest BCUT2D eigenvalue weighted by molar-refractivity contribution is 5.79. The predicted molar refractivity (Wildman–Crippen MR) is 101 cm³/mol. The van der Waals surface area contributed by atoms with Gasteiger partial charge in [-0.1, -0.05) is 6.07 Å². The number of aryl methyl sites for hydroxylation is 3. The van der Waals surface area contributed by atoms with Crippen molar-refractivity contribution in [3.8, 4) is 0 Å². The molecule has 6 heteroatoms. The van der Waals surface area contributed by atoms with Crippen LogP contribution in [-0.4, -0.2) is 44.1 Å². The molecule has 0 radical (unpaired) electrons. The molecule has 3 heterocycles. The fourth-order valence-corrected chi connectivity index (χ4v) is 3.86. The molecule has 3 aromatic rings. The number of likely N-dealkylation sites (tertiary alicyclic amines) is 1. The van der Waals surface area contributed by atoms with Crippen LogP contribution in [0.5, 0.6) is 0 Å². The number of aromatic amines is 2. The number of imidazole rings is 1. The smallest absolute Gasteiger partial charge is 0.227 e. The van der Waals surface area contributed by atoms with Gasteiger partial charge >= 0.3 is 0 Å². The maximum atomic E-state index is 12.8. The fourth-order valence-electron chi connectivity index (χ4n) is 3.86. The number of piperidine rings is 1. The Balaban J connectivity index is 1.50. The molecule has 2 aromatic heterocycles. The molecule has 4 rings (SSSR count). The Morgan fingerprint density at radius 1 is 1.31 bits per heavy atom. The highest BCUT2D eigenvalue weighted by Crippen LogP contribution is 2.27. The van der Waals surface area contributed by atoms with Gasteiger partial charge in [-0.25, -0.2) is 4.98 Å². The van der Waals surface area contributed by atoms with E-state index < -0.39 is 0 Å². The number of H-pyrrole nitrogens is 2. The predicted octanol–water partition coefficient (Wildman–Crippen LogP) is 3.16. The topological polar surface area (TPSA) is 77.7 Å². The minimum Gasteiger partial charge on any atom is -0.342 e. The first-order chi connectivity index (χ1) is 12.5. The van der Waals surface area contributed by atoms with Gasteiger partial charge in [0.2, 0.25) is 5.91 Å². The van der Waals surface area contributed by atoms with Crippen molar-refractivity contribution < 1.29 is 4.79 Å². The third-order valence-corrected chi connectivity index (χ3v) is 5.43. The summed E-state index contributed by atoms with van der Waals surface area (Å²) in [6.45, 7) is 7.55. The van der Waals surface area contributed by atoms with Gasteiger partial charge in [-0.2, -0.15) is 5.10 Å². The van der Waals surface area contributed by atoms with Gasteiger partial charge < -0.3 is 9.88 Å². The van der Waals surface area contributed by atoms with Gasteiger partial charge in [0.1, 0.15) is 5.82 Å². The van der Waals surface area contributed by atoms with Crippen LogP contribution in [0, 0.1) is 20.8 Å². The summed E-state index contributed by atoms with van der Waals surface area (Å²) in [6, 6.07) is 6.27. The molecule has 1 amide bonds. The molecule has 1 aromatic carbocycles. The molecule has 26 heavy (non-hydrogen) atoms. The summed E-state index contributed by atoms with van der Waals surface area (Å²) in [5.41, 5.74) is 6.22. The SMILES string of the molecule is Cc1ccc2nc(C3CCCN(C(=O)Cc4c(C)n[nH]c4C)C3)[nH]c2c1. The summed E-state index contributed by atoms with van der Waals surface area (Å²) < 4.78 is 0. The molecule has 1 fully saturated rings. The van der Waals surface area contributed by atoms with E-state index >= 15 is 0 Å². The van der Waals surface area contributed by atoms with Gasteiger partial charge in [-0.3, -0.25) is 9.89 Å². The summed E-state index contributed by atoms with van der Waals surface area (Å²) >= 11 is 0. The standard InChI is InChI=1S/C20H25N5O/c1-12-6-7-17-18(9-12)22-20(21-17)15-5-4-8-25(11-15)19(26)10-16-13(2)23-24-14(16)3/h6-7,9,15H,4-5,8,10-11H2,1-3H3,(H,21,22)(H,23,24). The highest BCUT2D eigenvalue weighted by atomic mass is 16.2. The average Bonchev–Trinajstić information content (AvgIpc) is 3.19. The number of amides is 1. The molecular formula is C20H25N5O. The van der Waals surface area contributed by atoms with Gasteiger partial charge in [0.15, 0.2) is 0 Å². The Morgan fingerprint density at radius 3 is 2.92 bits per heavy atom. The largest absolute Gasteiger partial charge is 0.342 e. The van der Waals surface area contributed by atoms with Gasteiger partial charge in [-0.05, 0) is 51.3 Å². The lowest BCUT2D eigenvalue weighted by atomic mass is 9.96. The number of nitrogens with zero attached hydrogens (tertiary/aromatic N) is 3. The molecule has 1 atom stereocenters. The molecule has 136 valence electrons. The van der Waals surface area contributed by atoms with E-state index in [4.69, 9.17) is 4.98 Å². The van der Waals surface area contributed by atoms with Crippen molar-refractivity contribution in [1.82, 2.24) is 25.1 Å². The van der Waals surface area contributed by atoms with E-state index in [1.807, 2.05) is 18.7 Å². The Kier molecular flexibility index (Phi) is 4.26. The lowest BCUT2D eigenvalue weighted by Crippen LogP contribution is -2.40. The molecule has 0 aliphatic carbocycles. The molecule has 1 aliphatic heterocycles. The Labute approximate surface area is 153 Å². The zero-order valence-corrected chi connectivity index (χ0v) is 15.6. The van der Waals surface area contributed by atoms with Crippen molar-refractivity contribution in [3.05, 3.63) is 46.5 Å². The quantitative estimate of drug-likeness (QED) is 0.761. The molecule has 0 spiro atoms. The Hall–Kier alpha value is -2.63. The van der Waals surface area contributed by atoms with Crippen molar-refractivity contribution in [2.24, 2.45) is 0 Å². The Bertz CT molecular complexity index is 935. The van der Waals surface area contributed by atoms with E-state index in [1.54, 1.807) is 0 Å². The van der Waals surface area contributed by atoms with Gasteiger partial charge in [0.05, 0.1) is 23.1 Å². The van der Waals surface area contributed by atoms with Crippen LogP contribution >= 0.6 is 0 Å². The minimum atomic E-state index is 0.175. The maximum absolute atomic E-state index is 12.8. The maximum Gasteiger partial charge on any atom is 0.227 e. The number of hydrogen-bond donors (Lipinski definition) is 2. The van der Waals surface area contributed by atoms with Crippen molar-refractivity contribution in [3.63, 3.8) is 0 Å². The lowest BCUT2D eigenvalue weighted by molar-refractivity contribution is -0.131. The zero-order chi connectivity index (χ0) is 18.3. The third-order valence-electron chi connectivity index (χ3n) is 5.43. The van der Waals surface area contributed by atoms with E-state index in [9.17, 15) is 4.79 Å². The number of carbonyl (C=O) groups excluding carboxylic acids is 1. The second kappa shape index (κ2) is 6.59. The third kappa shape index (κ3) is 3.11. The van der Waals surface area contributed by atoms with Crippen molar-refractivity contribution in [2.45, 2.75) is 46.0 Å². The lowest BCUT2D eigenvalue weighted by Gasteiger charge is -2.32. The first-order valence-corrected chi connectivity index (χ1v) is 9.25. The van der Waals surface area contributed by atoms with E-state index in [2.05, 4.69) is 40.3 Å². The zero-order valence-electron chi connectivity index (χ0n) is 15.6. The molecule has 1 aliphatic rings. The fraction of sp³-hybridized carbons (Fsp3) is 0.450. The monoisotopic (exact) mass is 351 g/mol. The van der Waals surface area contributed by atoms with Gasteiger partial charge in [0.25, 0.3) is 0 Å². The molecule has 2 N–H and O–H groups in total. The number of nitrogens with one attached hydrogen (secondary N) is 2. The van der Waals surface area contributed by atoms with Crippen LogP contribution in [0.3, 0.4) is 0 Å². The van der Waals surface area contributed by atoms with Crippen LogP contribution < -0.4 is 0 Å². The molecule has 0 bridgehead atoms. The molecular weight excluding hydrogens is 326 g/mol. The van der Waals surface area contributed by atoms with Crippen molar-refractivity contribution in [1.29, 1.82) is 0 Å². The highest BCUT2D eigenvalue weighted by Gasteiger charge is 2.27. The van der Waals surface area contributed by atoms with Crippen LogP contribution in [0.15, 0.2) is 18.2 Å². The number of aromatic nitrogens is 4. The van der Waals surface area contributed by atoms with E-state index in [-0.39, 0.29) is 11.8 Å². The molecule has 6 nitrogen and oxygen atoms in total. The molecule has 1 unspecified atom stereocenters. The Morgan fingerprint density at radius 2 is 2.15 bits per heavy atom. The number of benzene rings is 1. The van der Waals surface area contributed by atoms with E-state index in [0.717, 1.165) is 59.7 Å². The number of rotatable bonds is 3. The summed E-state index contributed by atoms with van der Waals surface area (Å²) in [7, 11) is 0. The summed E-state index contributed by atoms with van der Waals surface area (Å²) in [6.07, 6.45) is 2.49. The van der Waals surface area contributed by atoms with Gasteiger partial charge in [0, 0.05) is 30.3 Å².